The zero-order valence-electron chi connectivity index (χ0n) is 11.3. The van der Waals surface area contributed by atoms with E-state index in [4.69, 9.17) is 5.11 Å². The number of benzene rings is 1. The number of aromatic nitrogens is 3. The summed E-state index contributed by atoms with van der Waals surface area (Å²) in [7, 11) is 0. The van der Waals surface area contributed by atoms with Crippen LogP contribution < -0.4 is 5.32 Å². The van der Waals surface area contributed by atoms with Crippen molar-refractivity contribution in [3.63, 3.8) is 0 Å². The van der Waals surface area contributed by atoms with Crippen LogP contribution in [-0.4, -0.2) is 38.0 Å². The van der Waals surface area contributed by atoms with Gasteiger partial charge in [-0.3, -0.25) is 4.79 Å². The van der Waals surface area contributed by atoms with Gasteiger partial charge in [-0.25, -0.2) is 9.48 Å². The molecule has 1 amide bonds. The van der Waals surface area contributed by atoms with E-state index >= 15 is 0 Å². The van der Waals surface area contributed by atoms with Crippen molar-refractivity contribution < 1.29 is 14.7 Å². The minimum Gasteiger partial charge on any atom is -0.478 e. The van der Waals surface area contributed by atoms with E-state index < -0.39 is 5.97 Å². The molecule has 0 radical (unpaired) electrons. The van der Waals surface area contributed by atoms with Crippen LogP contribution in [0.25, 0.3) is 11.0 Å². The normalized spacial score (nSPS) is 10.9. The van der Waals surface area contributed by atoms with Gasteiger partial charge in [0.2, 0.25) is 5.91 Å². The molecule has 0 aliphatic rings. The van der Waals surface area contributed by atoms with E-state index in [1.807, 2.05) is 13.8 Å². The first-order chi connectivity index (χ1) is 9.47. The largest absolute Gasteiger partial charge is 0.478 e. The number of hydrogen-bond acceptors (Lipinski definition) is 4. The van der Waals surface area contributed by atoms with Crippen LogP contribution >= 0.6 is 0 Å². The Labute approximate surface area is 115 Å². The fourth-order valence-electron chi connectivity index (χ4n) is 1.87. The van der Waals surface area contributed by atoms with Gasteiger partial charge in [0.1, 0.15) is 5.52 Å². The van der Waals surface area contributed by atoms with Gasteiger partial charge >= 0.3 is 5.97 Å². The Morgan fingerprint density at radius 2 is 2.15 bits per heavy atom. The van der Waals surface area contributed by atoms with Gasteiger partial charge in [0.05, 0.1) is 17.6 Å². The van der Waals surface area contributed by atoms with Gasteiger partial charge in [-0.05, 0) is 32.0 Å². The van der Waals surface area contributed by atoms with Crippen molar-refractivity contribution in [2.75, 3.05) is 0 Å². The first kappa shape index (κ1) is 14.0. The van der Waals surface area contributed by atoms with Crippen molar-refractivity contribution in [3.8, 4) is 0 Å². The summed E-state index contributed by atoms with van der Waals surface area (Å²) < 4.78 is 1.60. The highest BCUT2D eigenvalue weighted by Gasteiger charge is 2.10. The minimum atomic E-state index is -1.00. The summed E-state index contributed by atoms with van der Waals surface area (Å²) in [5.41, 5.74) is 1.39. The Morgan fingerprint density at radius 3 is 2.80 bits per heavy atom. The third-order valence-electron chi connectivity index (χ3n) is 2.76. The van der Waals surface area contributed by atoms with Crippen LogP contribution in [0.4, 0.5) is 0 Å². The lowest BCUT2D eigenvalue weighted by Gasteiger charge is -2.08. The summed E-state index contributed by atoms with van der Waals surface area (Å²) in [6.45, 7) is 4.20. The Bertz CT molecular complexity index is 648. The lowest BCUT2D eigenvalue weighted by Crippen LogP contribution is -2.30. The first-order valence-electron chi connectivity index (χ1n) is 6.33. The number of fused-ring (bicyclic) bond motifs is 1. The van der Waals surface area contributed by atoms with E-state index in [1.54, 1.807) is 10.7 Å². The highest BCUT2D eigenvalue weighted by atomic mass is 16.4. The number of aromatic carboxylic acids is 1. The van der Waals surface area contributed by atoms with Gasteiger partial charge in [-0.15, -0.1) is 5.10 Å². The molecule has 1 heterocycles. The number of nitrogens with one attached hydrogen (secondary N) is 1. The number of carboxylic acids is 1. The van der Waals surface area contributed by atoms with E-state index in [0.717, 1.165) is 0 Å². The molecular weight excluding hydrogens is 260 g/mol. The second-order valence-electron chi connectivity index (χ2n) is 4.79. The summed E-state index contributed by atoms with van der Waals surface area (Å²) in [4.78, 5) is 22.4. The lowest BCUT2D eigenvalue weighted by molar-refractivity contribution is -0.121. The zero-order valence-corrected chi connectivity index (χ0v) is 11.3. The minimum absolute atomic E-state index is 0.0502. The molecule has 2 aromatic rings. The van der Waals surface area contributed by atoms with Crippen LogP contribution in [0, 0.1) is 0 Å². The second kappa shape index (κ2) is 5.68. The van der Waals surface area contributed by atoms with Crippen molar-refractivity contribution in [1.29, 1.82) is 0 Å². The van der Waals surface area contributed by atoms with E-state index in [9.17, 15) is 9.59 Å². The fraction of sp³-hybridized carbons (Fsp3) is 0.385. The van der Waals surface area contributed by atoms with Crippen LogP contribution in [0.3, 0.4) is 0 Å². The average Bonchev–Trinajstić information content (AvgIpc) is 2.77. The molecule has 1 aromatic carbocycles. The lowest BCUT2D eigenvalue weighted by atomic mass is 10.2. The van der Waals surface area contributed by atoms with Gasteiger partial charge in [0.25, 0.3) is 0 Å². The van der Waals surface area contributed by atoms with Gasteiger partial charge in [-0.2, -0.15) is 0 Å². The summed E-state index contributed by atoms with van der Waals surface area (Å²) in [5.74, 6) is -1.05. The summed E-state index contributed by atoms with van der Waals surface area (Å²) in [6.07, 6.45) is 0.303. The number of nitrogens with zero attached hydrogens (tertiary/aromatic N) is 3. The molecule has 0 spiro atoms. The molecule has 7 heteroatoms. The first-order valence-corrected chi connectivity index (χ1v) is 6.33. The summed E-state index contributed by atoms with van der Waals surface area (Å²) >= 11 is 0. The molecule has 0 unspecified atom stereocenters. The van der Waals surface area contributed by atoms with Crippen LogP contribution in [0.5, 0.6) is 0 Å². The Kier molecular flexibility index (Phi) is 3.97. The van der Waals surface area contributed by atoms with Crippen LogP contribution in [-0.2, 0) is 11.3 Å². The van der Waals surface area contributed by atoms with E-state index in [2.05, 4.69) is 15.6 Å². The monoisotopic (exact) mass is 276 g/mol. The van der Waals surface area contributed by atoms with Crippen molar-refractivity contribution in [3.05, 3.63) is 23.8 Å². The van der Waals surface area contributed by atoms with Gasteiger partial charge in [0, 0.05) is 12.5 Å². The molecule has 0 bridgehead atoms. The third kappa shape index (κ3) is 3.11. The molecule has 0 aliphatic carbocycles. The molecule has 7 nitrogen and oxygen atoms in total. The van der Waals surface area contributed by atoms with E-state index in [1.165, 1.54) is 12.1 Å². The summed E-state index contributed by atoms with van der Waals surface area (Å²) in [6, 6.07) is 4.72. The van der Waals surface area contributed by atoms with Crippen molar-refractivity contribution in [2.24, 2.45) is 0 Å². The van der Waals surface area contributed by atoms with Gasteiger partial charge in [0.15, 0.2) is 0 Å². The van der Waals surface area contributed by atoms with Crippen molar-refractivity contribution in [2.45, 2.75) is 32.9 Å². The molecule has 1 aromatic heterocycles. The average molecular weight is 276 g/mol. The smallest absolute Gasteiger partial charge is 0.335 e. The zero-order chi connectivity index (χ0) is 14.7. The number of hydrogen-bond donors (Lipinski definition) is 2. The number of aryl methyl sites for hydroxylation is 1. The molecule has 0 saturated carbocycles. The quantitative estimate of drug-likeness (QED) is 0.850. The fourth-order valence-corrected chi connectivity index (χ4v) is 1.87. The second-order valence-corrected chi connectivity index (χ2v) is 4.79. The number of rotatable bonds is 5. The van der Waals surface area contributed by atoms with Crippen molar-refractivity contribution >= 4 is 22.9 Å². The SMILES string of the molecule is CC(C)NC(=O)CCn1nnc2cc(C(=O)O)ccc21. The molecule has 0 fully saturated rings. The van der Waals surface area contributed by atoms with Crippen LogP contribution in [0.2, 0.25) is 0 Å². The number of carbonyl (C=O) groups is 2. The number of carboxylic acid groups (broad SMARTS) is 1. The maximum Gasteiger partial charge on any atom is 0.335 e. The molecule has 106 valence electrons. The van der Waals surface area contributed by atoms with Gasteiger partial charge < -0.3 is 10.4 Å². The number of carbonyl (C=O) groups excluding carboxylic acids is 1. The number of amides is 1. The molecule has 20 heavy (non-hydrogen) atoms. The molecule has 2 N–H and O–H groups in total. The van der Waals surface area contributed by atoms with Gasteiger partial charge in [-0.1, -0.05) is 5.21 Å². The maximum atomic E-state index is 11.6. The molecular formula is C13H16N4O3. The maximum absolute atomic E-state index is 11.6. The molecule has 0 atom stereocenters. The predicted molar refractivity (Wildman–Crippen MR) is 72.4 cm³/mol. The molecule has 0 aliphatic heterocycles. The van der Waals surface area contributed by atoms with Crippen LogP contribution in [0.15, 0.2) is 18.2 Å². The highest BCUT2D eigenvalue weighted by molar-refractivity contribution is 5.92. The standard InChI is InChI=1S/C13H16N4O3/c1-8(2)14-12(18)5-6-17-11-4-3-9(13(19)20)7-10(11)15-16-17/h3-4,7-8H,5-6H2,1-2H3,(H,14,18)(H,19,20). The van der Waals surface area contributed by atoms with E-state index in [-0.39, 0.29) is 17.5 Å². The Balaban J connectivity index is 2.12. The summed E-state index contributed by atoms with van der Waals surface area (Å²) in [5, 5.41) is 19.6. The Morgan fingerprint density at radius 1 is 1.40 bits per heavy atom. The topological polar surface area (TPSA) is 97.1 Å². The van der Waals surface area contributed by atoms with Crippen LogP contribution in [0.1, 0.15) is 30.6 Å². The molecule has 2 rings (SSSR count). The van der Waals surface area contributed by atoms with E-state index in [0.29, 0.717) is 24.0 Å². The third-order valence-corrected chi connectivity index (χ3v) is 2.76. The highest BCUT2D eigenvalue weighted by Crippen LogP contribution is 2.13. The Hall–Kier alpha value is -2.44. The molecule has 0 saturated heterocycles. The van der Waals surface area contributed by atoms with Crippen molar-refractivity contribution in [1.82, 2.24) is 20.3 Å². The predicted octanol–water partition coefficient (Wildman–Crippen LogP) is 1.04.